The van der Waals surface area contributed by atoms with Crippen molar-refractivity contribution in [1.29, 1.82) is 0 Å². The first kappa shape index (κ1) is 25.8. The number of para-hydroxylation sites is 1. The number of carbonyl (C=O) groups excluding carboxylic acids is 2. The summed E-state index contributed by atoms with van der Waals surface area (Å²) in [6, 6.07) is 17.2. The van der Waals surface area contributed by atoms with Crippen LogP contribution in [0.2, 0.25) is 0 Å². The number of hydrogen-bond acceptors (Lipinski definition) is 4. The minimum Gasteiger partial charge on any atom is -0.491 e. The normalized spacial score (nSPS) is 14.9. The molecule has 3 amide bonds. The Morgan fingerprint density at radius 1 is 1.11 bits per heavy atom. The molecule has 0 saturated carbocycles. The molecule has 2 aromatic carbocycles. The Morgan fingerprint density at radius 2 is 1.86 bits per heavy atom. The molecule has 0 aliphatic carbocycles. The van der Waals surface area contributed by atoms with Crippen LogP contribution in [0.5, 0.6) is 5.75 Å². The van der Waals surface area contributed by atoms with Gasteiger partial charge in [0.15, 0.2) is 0 Å². The van der Waals surface area contributed by atoms with Gasteiger partial charge in [0, 0.05) is 23.7 Å². The summed E-state index contributed by atoms with van der Waals surface area (Å²) in [5, 5.41) is 5.03. The molecule has 0 radical (unpaired) electrons. The lowest BCUT2D eigenvalue weighted by atomic mass is 10.00. The molecular weight excluding hydrogens is 470 g/mol. The van der Waals surface area contributed by atoms with Gasteiger partial charge in [0.25, 0.3) is 0 Å². The van der Waals surface area contributed by atoms with Crippen molar-refractivity contribution in [2.24, 2.45) is 5.92 Å². The number of aryl methyl sites for hydroxylation is 2. The highest BCUT2D eigenvalue weighted by Crippen LogP contribution is 2.34. The number of fused-ring (bicyclic) bond motifs is 1. The highest BCUT2D eigenvalue weighted by Gasteiger charge is 2.33. The molecule has 7 heteroatoms. The van der Waals surface area contributed by atoms with E-state index in [1.54, 1.807) is 16.2 Å². The van der Waals surface area contributed by atoms with Crippen molar-refractivity contribution in [3.8, 4) is 5.75 Å². The molecular formula is C29H35N3O3S. The van der Waals surface area contributed by atoms with Crippen LogP contribution in [0.4, 0.5) is 10.5 Å². The van der Waals surface area contributed by atoms with Gasteiger partial charge in [-0.15, -0.1) is 11.3 Å². The van der Waals surface area contributed by atoms with E-state index < -0.39 is 0 Å². The van der Waals surface area contributed by atoms with Crippen molar-refractivity contribution in [2.75, 3.05) is 31.6 Å². The molecule has 0 saturated heterocycles. The molecule has 190 valence electrons. The molecule has 0 fully saturated rings. The Hall–Kier alpha value is -3.32. The van der Waals surface area contributed by atoms with Crippen LogP contribution in [0.25, 0.3) is 0 Å². The predicted molar refractivity (Wildman–Crippen MR) is 146 cm³/mol. The van der Waals surface area contributed by atoms with Gasteiger partial charge < -0.3 is 19.9 Å². The summed E-state index contributed by atoms with van der Waals surface area (Å²) in [6.07, 6.45) is 0.819. The van der Waals surface area contributed by atoms with Crippen molar-refractivity contribution < 1.29 is 14.3 Å². The summed E-state index contributed by atoms with van der Waals surface area (Å²) < 4.78 is 6.21. The van der Waals surface area contributed by atoms with Crippen LogP contribution in [0.1, 0.15) is 41.5 Å². The van der Waals surface area contributed by atoms with Gasteiger partial charge >= 0.3 is 6.03 Å². The molecule has 0 spiro atoms. The minimum absolute atomic E-state index is 0.0240. The molecule has 1 N–H and O–H groups in total. The summed E-state index contributed by atoms with van der Waals surface area (Å²) in [5.74, 6) is 0.989. The molecule has 1 aliphatic rings. The van der Waals surface area contributed by atoms with Crippen LogP contribution in [-0.2, 0) is 11.2 Å². The Kier molecular flexibility index (Phi) is 8.31. The van der Waals surface area contributed by atoms with E-state index in [1.807, 2.05) is 81.1 Å². The lowest BCUT2D eigenvalue weighted by molar-refractivity contribution is -0.135. The molecule has 2 heterocycles. The fourth-order valence-electron chi connectivity index (χ4n) is 4.52. The van der Waals surface area contributed by atoms with E-state index in [0.717, 1.165) is 34.5 Å². The first-order valence-corrected chi connectivity index (χ1v) is 13.4. The van der Waals surface area contributed by atoms with Crippen LogP contribution in [0.3, 0.4) is 0 Å². The quantitative estimate of drug-likeness (QED) is 0.405. The highest BCUT2D eigenvalue weighted by atomic mass is 32.1. The van der Waals surface area contributed by atoms with E-state index in [0.29, 0.717) is 19.7 Å². The molecule has 0 bridgehead atoms. The third-order valence-electron chi connectivity index (χ3n) is 6.41. The maximum absolute atomic E-state index is 13.7. The standard InChI is InChI=1S/C29H35N3O3S/c1-20(2)17-31(29(34)30-23-11-9-21(3)10-12-23)18-28(33)32-15-13-27-24(14-16-36-27)25(32)19-35-26-8-6-5-7-22(26)4/h5-12,14,16,20,25H,13,15,17-19H2,1-4H3,(H,30,34)/t25-/m1/s1. The number of nitrogens with one attached hydrogen (secondary N) is 1. The minimum atomic E-state index is -0.262. The maximum Gasteiger partial charge on any atom is 0.322 e. The molecule has 6 nitrogen and oxygen atoms in total. The Bertz CT molecular complexity index is 1190. The van der Waals surface area contributed by atoms with Crippen molar-refractivity contribution >= 4 is 29.0 Å². The number of urea groups is 1. The second kappa shape index (κ2) is 11.6. The van der Waals surface area contributed by atoms with Crippen LogP contribution in [-0.4, -0.2) is 48.0 Å². The Balaban J connectivity index is 1.50. The third kappa shape index (κ3) is 6.26. The van der Waals surface area contributed by atoms with Crippen molar-refractivity contribution in [1.82, 2.24) is 9.80 Å². The number of anilines is 1. The van der Waals surface area contributed by atoms with Gasteiger partial charge in [-0.3, -0.25) is 4.79 Å². The van der Waals surface area contributed by atoms with Gasteiger partial charge in [0.1, 0.15) is 18.9 Å². The Morgan fingerprint density at radius 3 is 2.58 bits per heavy atom. The average Bonchev–Trinajstić information content (AvgIpc) is 3.33. The van der Waals surface area contributed by atoms with Gasteiger partial charge in [-0.05, 0) is 67.0 Å². The molecule has 36 heavy (non-hydrogen) atoms. The van der Waals surface area contributed by atoms with E-state index >= 15 is 0 Å². The van der Waals surface area contributed by atoms with E-state index in [-0.39, 0.29) is 30.4 Å². The largest absolute Gasteiger partial charge is 0.491 e. The summed E-state index contributed by atoms with van der Waals surface area (Å²) in [7, 11) is 0. The first-order chi connectivity index (χ1) is 17.3. The van der Waals surface area contributed by atoms with Gasteiger partial charge in [-0.1, -0.05) is 49.7 Å². The number of rotatable bonds is 8. The van der Waals surface area contributed by atoms with Crippen LogP contribution < -0.4 is 10.1 Å². The van der Waals surface area contributed by atoms with Crippen molar-refractivity contribution in [3.05, 3.63) is 81.5 Å². The number of carbonyl (C=O) groups is 2. The highest BCUT2D eigenvalue weighted by molar-refractivity contribution is 7.10. The molecule has 3 aromatic rings. The van der Waals surface area contributed by atoms with Gasteiger partial charge in [0.2, 0.25) is 5.91 Å². The van der Waals surface area contributed by atoms with E-state index in [4.69, 9.17) is 4.74 Å². The van der Waals surface area contributed by atoms with Gasteiger partial charge in [-0.25, -0.2) is 4.79 Å². The first-order valence-electron chi connectivity index (χ1n) is 12.5. The summed E-state index contributed by atoms with van der Waals surface area (Å²) in [5.41, 5.74) is 4.05. The lowest BCUT2D eigenvalue weighted by Gasteiger charge is -2.37. The zero-order chi connectivity index (χ0) is 25.7. The molecule has 1 aromatic heterocycles. The summed E-state index contributed by atoms with van der Waals surface area (Å²) in [6.45, 7) is 9.63. The summed E-state index contributed by atoms with van der Waals surface area (Å²) >= 11 is 1.73. The van der Waals surface area contributed by atoms with Crippen LogP contribution >= 0.6 is 11.3 Å². The van der Waals surface area contributed by atoms with Crippen LogP contribution in [0.15, 0.2) is 60.0 Å². The number of amides is 3. The number of hydrogen-bond donors (Lipinski definition) is 1. The van der Waals surface area contributed by atoms with Crippen LogP contribution in [0, 0.1) is 19.8 Å². The number of ether oxygens (including phenoxy) is 1. The number of nitrogens with zero attached hydrogens (tertiary/aromatic N) is 2. The van der Waals surface area contributed by atoms with E-state index in [9.17, 15) is 9.59 Å². The third-order valence-corrected chi connectivity index (χ3v) is 7.40. The van der Waals surface area contributed by atoms with Crippen molar-refractivity contribution in [2.45, 2.75) is 40.2 Å². The van der Waals surface area contributed by atoms with Crippen molar-refractivity contribution in [3.63, 3.8) is 0 Å². The molecule has 1 atom stereocenters. The second-order valence-corrected chi connectivity index (χ2v) is 10.8. The molecule has 0 unspecified atom stereocenters. The van der Waals surface area contributed by atoms with Gasteiger partial charge in [0.05, 0.1) is 6.04 Å². The zero-order valence-electron chi connectivity index (χ0n) is 21.5. The molecule has 4 rings (SSSR count). The Labute approximate surface area is 217 Å². The SMILES string of the molecule is Cc1ccc(NC(=O)N(CC(=O)N2CCc3sccc3[C@H]2COc2ccccc2C)CC(C)C)cc1. The van der Waals surface area contributed by atoms with E-state index in [1.165, 1.54) is 4.88 Å². The number of benzene rings is 2. The monoisotopic (exact) mass is 505 g/mol. The topological polar surface area (TPSA) is 61.9 Å². The fourth-order valence-corrected chi connectivity index (χ4v) is 5.44. The molecule has 1 aliphatic heterocycles. The lowest BCUT2D eigenvalue weighted by Crippen LogP contribution is -2.49. The second-order valence-electron chi connectivity index (χ2n) is 9.80. The number of thiophene rings is 1. The fraction of sp³-hybridized carbons (Fsp3) is 0.379. The van der Waals surface area contributed by atoms with Gasteiger partial charge in [-0.2, -0.15) is 0 Å². The predicted octanol–water partition coefficient (Wildman–Crippen LogP) is 6.06. The maximum atomic E-state index is 13.7. The smallest absolute Gasteiger partial charge is 0.322 e. The zero-order valence-corrected chi connectivity index (χ0v) is 22.3. The average molecular weight is 506 g/mol. The van der Waals surface area contributed by atoms with E-state index in [2.05, 4.69) is 16.8 Å². The summed E-state index contributed by atoms with van der Waals surface area (Å²) in [4.78, 5) is 31.6.